The van der Waals surface area contributed by atoms with Crippen LogP contribution in [0.2, 0.25) is 0 Å². The highest BCUT2D eigenvalue weighted by Crippen LogP contribution is 2.66. The first-order valence-corrected chi connectivity index (χ1v) is 24.4. The van der Waals surface area contributed by atoms with Crippen LogP contribution >= 0.6 is 0 Å². The van der Waals surface area contributed by atoms with Crippen LogP contribution in [0.4, 0.5) is 17.1 Å². The molecule has 0 aliphatic heterocycles. The molecule has 0 radical (unpaired) electrons. The SMILES string of the molecule is CC1(C)c2ccccc2-c2ccc(N(c3ccc4c(c3)C(C)(C)c3ccccc3-4)c3ccc4c(c3)C3(c5ccccc5-c5ccccc53)c3cc5oc6ccccc6c5c(-c5ccccc5)c3-4)cc21. The summed E-state index contributed by atoms with van der Waals surface area (Å²) >= 11 is 0. The lowest BCUT2D eigenvalue weighted by atomic mass is 9.70. The highest BCUT2D eigenvalue weighted by molar-refractivity contribution is 6.18. The summed E-state index contributed by atoms with van der Waals surface area (Å²) in [6.07, 6.45) is 0. The number of rotatable bonds is 4. The smallest absolute Gasteiger partial charge is 0.136 e. The lowest BCUT2D eigenvalue weighted by Gasteiger charge is -2.33. The van der Waals surface area contributed by atoms with Gasteiger partial charge >= 0.3 is 0 Å². The predicted octanol–water partition coefficient (Wildman–Crippen LogP) is 17.7. The van der Waals surface area contributed by atoms with Gasteiger partial charge < -0.3 is 9.32 Å². The molecule has 0 atom stereocenters. The summed E-state index contributed by atoms with van der Waals surface area (Å²) in [7, 11) is 0. The molecule has 0 amide bonds. The van der Waals surface area contributed by atoms with Crippen LogP contribution in [0.25, 0.3) is 77.6 Å². The van der Waals surface area contributed by atoms with Gasteiger partial charge in [-0.2, -0.15) is 0 Å². The van der Waals surface area contributed by atoms with Crippen molar-refractivity contribution in [1.82, 2.24) is 0 Å². The first-order valence-electron chi connectivity index (χ1n) is 24.4. The third-order valence-corrected chi connectivity index (χ3v) is 16.7. The average molecular weight is 882 g/mol. The molecule has 4 aliphatic carbocycles. The van der Waals surface area contributed by atoms with Crippen LogP contribution in [0.15, 0.2) is 217 Å². The minimum atomic E-state index is -0.626. The van der Waals surface area contributed by atoms with Crippen LogP contribution < -0.4 is 4.90 Å². The number of hydrogen-bond acceptors (Lipinski definition) is 2. The monoisotopic (exact) mass is 881 g/mol. The molecule has 0 N–H and O–H groups in total. The maximum Gasteiger partial charge on any atom is 0.136 e. The van der Waals surface area contributed by atoms with E-state index in [-0.39, 0.29) is 10.8 Å². The van der Waals surface area contributed by atoms with E-state index in [9.17, 15) is 0 Å². The highest BCUT2D eigenvalue weighted by atomic mass is 16.3. The van der Waals surface area contributed by atoms with Crippen molar-refractivity contribution in [1.29, 1.82) is 0 Å². The Kier molecular flexibility index (Phi) is 7.60. The zero-order chi connectivity index (χ0) is 46.0. The Labute approximate surface area is 402 Å². The molecule has 1 spiro atoms. The third kappa shape index (κ3) is 4.91. The number of benzene rings is 10. The average Bonchev–Trinajstić information content (AvgIpc) is 4.12. The van der Waals surface area contributed by atoms with E-state index in [2.05, 4.69) is 245 Å². The molecule has 1 heterocycles. The van der Waals surface area contributed by atoms with E-state index in [1.807, 2.05) is 0 Å². The van der Waals surface area contributed by atoms with E-state index < -0.39 is 5.41 Å². The van der Waals surface area contributed by atoms with Crippen molar-refractivity contribution < 1.29 is 4.42 Å². The van der Waals surface area contributed by atoms with Crippen LogP contribution in [0, 0.1) is 0 Å². The van der Waals surface area contributed by atoms with Crippen molar-refractivity contribution in [3.63, 3.8) is 0 Å². The maximum atomic E-state index is 6.94. The van der Waals surface area contributed by atoms with Crippen LogP contribution in [-0.2, 0) is 16.2 Å². The van der Waals surface area contributed by atoms with Crippen LogP contribution in [-0.4, -0.2) is 0 Å². The zero-order valence-corrected chi connectivity index (χ0v) is 39.1. The van der Waals surface area contributed by atoms with E-state index >= 15 is 0 Å². The minimum absolute atomic E-state index is 0.162. The predicted molar refractivity (Wildman–Crippen MR) is 285 cm³/mol. The molecule has 326 valence electrons. The molecule has 11 aromatic rings. The first-order chi connectivity index (χ1) is 33.7. The van der Waals surface area contributed by atoms with Crippen molar-refractivity contribution in [2.75, 3.05) is 4.90 Å². The van der Waals surface area contributed by atoms with Gasteiger partial charge in [0.1, 0.15) is 11.2 Å². The van der Waals surface area contributed by atoms with Crippen LogP contribution in [0.3, 0.4) is 0 Å². The molecule has 0 saturated heterocycles. The van der Waals surface area contributed by atoms with Gasteiger partial charge in [-0.15, -0.1) is 0 Å². The third-order valence-electron chi connectivity index (χ3n) is 16.7. The molecule has 0 bridgehead atoms. The first kappa shape index (κ1) is 38.9. The second kappa shape index (κ2) is 13.5. The van der Waals surface area contributed by atoms with Crippen LogP contribution in [0.5, 0.6) is 0 Å². The molecule has 0 fully saturated rings. The normalized spacial score (nSPS) is 15.3. The summed E-state index contributed by atoms with van der Waals surface area (Å²) in [4.78, 5) is 2.54. The van der Waals surface area contributed by atoms with Crippen LogP contribution in [0.1, 0.15) is 72.2 Å². The van der Waals surface area contributed by atoms with Gasteiger partial charge in [0.2, 0.25) is 0 Å². The van der Waals surface area contributed by atoms with E-state index in [0.717, 1.165) is 39.0 Å². The molecule has 2 heteroatoms. The quantitative estimate of drug-likeness (QED) is 0.175. The fraction of sp³-hybridized carbons (Fsp3) is 0.104. The molecule has 0 saturated carbocycles. The van der Waals surface area contributed by atoms with Gasteiger partial charge in [0.15, 0.2) is 0 Å². The molecule has 2 nitrogen and oxygen atoms in total. The minimum Gasteiger partial charge on any atom is -0.456 e. The molecule has 1 aromatic heterocycles. The fourth-order valence-electron chi connectivity index (χ4n) is 13.6. The summed E-state index contributed by atoms with van der Waals surface area (Å²) in [5.74, 6) is 0. The second-order valence-corrected chi connectivity index (χ2v) is 20.7. The number of nitrogens with zero attached hydrogens (tertiary/aromatic N) is 1. The lowest BCUT2D eigenvalue weighted by Crippen LogP contribution is -2.26. The van der Waals surface area contributed by atoms with Gasteiger partial charge in [-0.05, 0) is 143 Å². The standard InChI is InChI=1S/C67H47NO/c1-65(2)52-25-13-8-20-44(52)48-33-30-41(36-56(48)65)68(42-31-34-49-45-21-9-14-26-53(45)66(3,4)57(49)37-42)43-32-35-50-58(38-43)67(54-27-15-10-22-46(54)47-23-11-16-28-55(47)67)59-39-61-64(51-24-12-17-29-60(51)69-61)62(63(50)59)40-18-6-5-7-19-40/h5-39H,1-4H3. The molecular formula is C67H47NO. The fourth-order valence-corrected chi connectivity index (χ4v) is 13.6. The molecule has 10 aromatic carbocycles. The molecular weight excluding hydrogens is 835 g/mol. The van der Waals surface area contributed by atoms with E-state index in [1.165, 1.54) is 100 Å². The number of anilines is 3. The Morgan fingerprint density at radius 1 is 0.319 bits per heavy atom. The summed E-state index contributed by atoms with van der Waals surface area (Å²) in [5.41, 5.74) is 27.7. The zero-order valence-electron chi connectivity index (χ0n) is 39.1. The van der Waals surface area contributed by atoms with Gasteiger partial charge in [-0.3, -0.25) is 0 Å². The van der Waals surface area contributed by atoms with E-state index in [0.29, 0.717) is 0 Å². The Morgan fingerprint density at radius 3 is 1.32 bits per heavy atom. The number of fused-ring (bicyclic) bond motifs is 19. The number of hydrogen-bond donors (Lipinski definition) is 0. The summed E-state index contributed by atoms with van der Waals surface area (Å²) in [6, 6.07) is 79.9. The van der Waals surface area contributed by atoms with Gasteiger partial charge in [0.05, 0.1) is 5.41 Å². The Bertz CT molecular complexity index is 3880. The van der Waals surface area contributed by atoms with Crippen molar-refractivity contribution in [3.05, 3.63) is 257 Å². The molecule has 0 unspecified atom stereocenters. The largest absolute Gasteiger partial charge is 0.456 e. The van der Waals surface area contributed by atoms with Gasteiger partial charge in [-0.25, -0.2) is 0 Å². The Hall–Kier alpha value is -8.20. The van der Waals surface area contributed by atoms with Gasteiger partial charge in [-0.1, -0.05) is 191 Å². The van der Waals surface area contributed by atoms with Crippen molar-refractivity contribution >= 4 is 39.0 Å². The number of para-hydroxylation sites is 1. The molecule has 15 rings (SSSR count). The topological polar surface area (TPSA) is 16.4 Å². The Morgan fingerprint density at radius 2 is 0.754 bits per heavy atom. The lowest BCUT2D eigenvalue weighted by molar-refractivity contribution is 0.660. The van der Waals surface area contributed by atoms with Gasteiger partial charge in [0, 0.05) is 44.2 Å². The van der Waals surface area contributed by atoms with E-state index in [4.69, 9.17) is 4.42 Å². The summed E-state index contributed by atoms with van der Waals surface area (Å²) in [6.45, 7) is 9.54. The Balaban J connectivity index is 1.05. The van der Waals surface area contributed by atoms with E-state index in [1.54, 1.807) is 0 Å². The second-order valence-electron chi connectivity index (χ2n) is 20.7. The van der Waals surface area contributed by atoms with Crippen molar-refractivity contribution in [2.45, 2.75) is 43.9 Å². The molecule has 4 aliphatic rings. The van der Waals surface area contributed by atoms with Crippen molar-refractivity contribution in [3.8, 4) is 55.6 Å². The summed E-state index contributed by atoms with van der Waals surface area (Å²) in [5, 5.41) is 2.29. The van der Waals surface area contributed by atoms with Crippen molar-refractivity contribution in [2.24, 2.45) is 0 Å². The maximum absolute atomic E-state index is 6.94. The summed E-state index contributed by atoms with van der Waals surface area (Å²) < 4.78 is 6.94. The van der Waals surface area contributed by atoms with Gasteiger partial charge in [0.25, 0.3) is 0 Å². The highest BCUT2D eigenvalue weighted by Gasteiger charge is 2.53. The molecule has 69 heavy (non-hydrogen) atoms. The number of furan rings is 1.